The minimum Gasteiger partial charge on any atom is -0.465 e. The van der Waals surface area contributed by atoms with Crippen molar-refractivity contribution >= 4 is 21.9 Å². The van der Waals surface area contributed by atoms with Crippen LogP contribution in [-0.2, 0) is 19.0 Å². The molecule has 0 saturated heterocycles. The molecule has 0 aromatic heterocycles. The molecule has 0 atom stereocenters. The molecule has 0 aliphatic heterocycles. The first-order valence-electron chi connectivity index (χ1n) is 12.2. The van der Waals surface area contributed by atoms with Gasteiger partial charge in [-0.15, -0.1) is 0 Å². The molecule has 0 aliphatic rings. The topological polar surface area (TPSA) is 44.8 Å². The summed E-state index contributed by atoms with van der Waals surface area (Å²) < 4.78 is 17.2. The summed E-state index contributed by atoms with van der Waals surface area (Å²) in [5.74, 6) is -0.159. The van der Waals surface area contributed by atoms with Gasteiger partial charge in [0, 0.05) is 18.2 Å². The highest BCUT2D eigenvalue weighted by atomic mass is 79.9. The fourth-order valence-electron chi connectivity index (χ4n) is 2.59. The third-order valence-electron chi connectivity index (χ3n) is 4.58. The number of halogens is 1. The van der Waals surface area contributed by atoms with Crippen molar-refractivity contribution < 1.29 is 19.0 Å². The lowest BCUT2D eigenvalue weighted by atomic mass is 10.2. The van der Waals surface area contributed by atoms with Crippen LogP contribution in [0.3, 0.4) is 0 Å². The highest BCUT2D eigenvalue weighted by Crippen LogP contribution is 2.08. The first-order chi connectivity index (χ1) is 16.2. The zero-order chi connectivity index (χ0) is 25.6. The lowest BCUT2D eigenvalue weighted by Gasteiger charge is -2.17. The SMILES string of the molecule is CC(C)=C/C=C/C(C)=C/COC(CCOC(=O)CCCCCBr)OC/C=C(C)/C=C/C=C(C)C. The highest BCUT2D eigenvalue weighted by Gasteiger charge is 2.11. The summed E-state index contributed by atoms with van der Waals surface area (Å²) in [4.78, 5) is 11.9. The number of allylic oxidation sites excluding steroid dienone is 10. The summed E-state index contributed by atoms with van der Waals surface area (Å²) in [6.45, 7) is 13.5. The van der Waals surface area contributed by atoms with E-state index in [0.717, 1.165) is 35.7 Å². The molecule has 0 heterocycles. The molecule has 0 aromatic carbocycles. The first-order valence-corrected chi connectivity index (χ1v) is 13.3. The Bertz CT molecular complexity index is 685. The van der Waals surface area contributed by atoms with Gasteiger partial charge >= 0.3 is 5.97 Å². The van der Waals surface area contributed by atoms with Crippen LogP contribution in [0.15, 0.2) is 70.9 Å². The normalized spacial score (nSPS) is 13.4. The molecule has 0 rings (SSSR count). The quantitative estimate of drug-likeness (QED) is 0.0582. The van der Waals surface area contributed by atoms with Gasteiger partial charge in [0.05, 0.1) is 19.8 Å². The van der Waals surface area contributed by atoms with Crippen LogP contribution >= 0.6 is 15.9 Å². The largest absolute Gasteiger partial charge is 0.465 e. The number of hydrogen-bond acceptors (Lipinski definition) is 4. The molecule has 0 aromatic rings. The Morgan fingerprint density at radius 1 is 0.794 bits per heavy atom. The monoisotopic (exact) mass is 536 g/mol. The van der Waals surface area contributed by atoms with E-state index in [2.05, 4.69) is 67.9 Å². The lowest BCUT2D eigenvalue weighted by molar-refractivity contribution is -0.154. The standard InChI is InChI=1S/C29H45BrO4/c1-24(2)12-10-14-26(5)17-21-33-29(19-23-32-28(31)16-8-7-9-20-30)34-22-18-27(6)15-11-13-25(3)4/h10-15,17-18,29H,7-9,16,19-23H2,1-6H3/b14-10+,15-11+,26-17+,27-18+. The number of esters is 1. The Hall–Kier alpha value is -1.69. The molecule has 0 aliphatic carbocycles. The summed E-state index contributed by atoms with van der Waals surface area (Å²) >= 11 is 3.40. The summed E-state index contributed by atoms with van der Waals surface area (Å²) in [6, 6.07) is 0. The van der Waals surface area contributed by atoms with Crippen LogP contribution in [0.5, 0.6) is 0 Å². The minimum absolute atomic E-state index is 0.159. The van der Waals surface area contributed by atoms with E-state index in [9.17, 15) is 4.79 Å². The van der Waals surface area contributed by atoms with E-state index in [1.165, 1.54) is 11.1 Å². The van der Waals surface area contributed by atoms with E-state index in [0.29, 0.717) is 26.1 Å². The third kappa shape index (κ3) is 22.1. The second-order valence-corrected chi connectivity index (χ2v) is 9.50. The maximum absolute atomic E-state index is 11.9. The number of rotatable bonds is 18. The lowest BCUT2D eigenvalue weighted by Crippen LogP contribution is -2.21. The Morgan fingerprint density at radius 2 is 1.32 bits per heavy atom. The van der Waals surface area contributed by atoms with E-state index in [-0.39, 0.29) is 12.6 Å². The Kier molecular flexibility index (Phi) is 20.7. The number of carbonyl (C=O) groups is 1. The molecule has 0 saturated carbocycles. The molecule has 0 amide bonds. The first kappa shape index (κ1) is 32.3. The predicted molar refractivity (Wildman–Crippen MR) is 148 cm³/mol. The number of hydrogen-bond donors (Lipinski definition) is 0. The molecule has 0 unspecified atom stereocenters. The predicted octanol–water partition coefficient (Wildman–Crippen LogP) is 8.17. The van der Waals surface area contributed by atoms with Crippen molar-refractivity contribution in [2.45, 2.75) is 79.9 Å². The van der Waals surface area contributed by atoms with Crippen LogP contribution in [0, 0.1) is 0 Å². The second kappa shape index (κ2) is 21.8. The van der Waals surface area contributed by atoms with Crippen molar-refractivity contribution in [3.63, 3.8) is 0 Å². The number of unbranched alkanes of at least 4 members (excludes halogenated alkanes) is 2. The second-order valence-electron chi connectivity index (χ2n) is 8.71. The van der Waals surface area contributed by atoms with Crippen molar-refractivity contribution in [1.29, 1.82) is 0 Å². The van der Waals surface area contributed by atoms with Gasteiger partial charge in [0.1, 0.15) is 0 Å². The molecule has 34 heavy (non-hydrogen) atoms. The van der Waals surface area contributed by atoms with Crippen molar-refractivity contribution in [2.75, 3.05) is 25.2 Å². The zero-order valence-corrected chi connectivity index (χ0v) is 23.7. The number of alkyl halides is 1. The maximum atomic E-state index is 11.9. The maximum Gasteiger partial charge on any atom is 0.305 e. The molecule has 0 N–H and O–H groups in total. The molecule has 0 spiro atoms. The van der Waals surface area contributed by atoms with Gasteiger partial charge < -0.3 is 14.2 Å². The summed E-state index contributed by atoms with van der Waals surface area (Å²) in [7, 11) is 0. The molecule has 0 fully saturated rings. The van der Waals surface area contributed by atoms with Crippen LogP contribution < -0.4 is 0 Å². The van der Waals surface area contributed by atoms with Gasteiger partial charge in [-0.2, -0.15) is 0 Å². The van der Waals surface area contributed by atoms with Crippen molar-refractivity contribution in [1.82, 2.24) is 0 Å². The fourth-order valence-corrected chi connectivity index (χ4v) is 2.99. The molecule has 192 valence electrons. The van der Waals surface area contributed by atoms with Crippen molar-refractivity contribution in [3.8, 4) is 0 Å². The van der Waals surface area contributed by atoms with Gasteiger partial charge in [0.2, 0.25) is 0 Å². The van der Waals surface area contributed by atoms with E-state index in [4.69, 9.17) is 14.2 Å². The number of carbonyl (C=O) groups excluding carboxylic acids is 1. The third-order valence-corrected chi connectivity index (χ3v) is 5.14. The van der Waals surface area contributed by atoms with E-state index >= 15 is 0 Å². The van der Waals surface area contributed by atoms with Crippen LogP contribution in [-0.4, -0.2) is 37.4 Å². The van der Waals surface area contributed by atoms with E-state index in [1.807, 2.05) is 38.2 Å². The van der Waals surface area contributed by atoms with Crippen LogP contribution in [0.25, 0.3) is 0 Å². The van der Waals surface area contributed by atoms with Gasteiger partial charge in [-0.05, 0) is 54.4 Å². The molecular weight excluding hydrogens is 492 g/mol. The fraction of sp³-hybridized carbons (Fsp3) is 0.552. The minimum atomic E-state index is -0.446. The highest BCUT2D eigenvalue weighted by molar-refractivity contribution is 9.09. The number of ether oxygens (including phenoxy) is 3. The Balaban J connectivity index is 4.74. The average molecular weight is 538 g/mol. The van der Waals surface area contributed by atoms with Gasteiger partial charge in [0.25, 0.3) is 0 Å². The van der Waals surface area contributed by atoms with Crippen LogP contribution in [0.4, 0.5) is 0 Å². The van der Waals surface area contributed by atoms with E-state index in [1.54, 1.807) is 0 Å². The summed E-state index contributed by atoms with van der Waals surface area (Å²) in [6.07, 6.45) is 19.8. The van der Waals surface area contributed by atoms with Crippen LogP contribution in [0.1, 0.15) is 73.6 Å². The van der Waals surface area contributed by atoms with Gasteiger partial charge in [-0.1, -0.05) is 93.3 Å². The van der Waals surface area contributed by atoms with Gasteiger partial charge in [-0.3, -0.25) is 4.79 Å². The average Bonchev–Trinajstić information content (AvgIpc) is 2.76. The summed E-state index contributed by atoms with van der Waals surface area (Å²) in [5, 5.41) is 0.968. The van der Waals surface area contributed by atoms with Crippen molar-refractivity contribution in [3.05, 3.63) is 70.9 Å². The molecular formula is C29H45BrO4. The van der Waals surface area contributed by atoms with Crippen molar-refractivity contribution in [2.24, 2.45) is 0 Å². The van der Waals surface area contributed by atoms with Crippen LogP contribution in [0.2, 0.25) is 0 Å². The van der Waals surface area contributed by atoms with Gasteiger partial charge in [-0.25, -0.2) is 0 Å². The Labute approximate surface area is 216 Å². The Morgan fingerprint density at radius 3 is 1.79 bits per heavy atom. The smallest absolute Gasteiger partial charge is 0.305 e. The molecule has 0 bridgehead atoms. The molecule has 5 heteroatoms. The molecule has 0 radical (unpaired) electrons. The summed E-state index contributed by atoms with van der Waals surface area (Å²) in [5.41, 5.74) is 4.74. The molecule has 4 nitrogen and oxygen atoms in total. The zero-order valence-electron chi connectivity index (χ0n) is 22.1. The van der Waals surface area contributed by atoms with E-state index < -0.39 is 6.29 Å². The van der Waals surface area contributed by atoms with Gasteiger partial charge in [0.15, 0.2) is 6.29 Å².